The average Bonchev–Trinajstić information content (AvgIpc) is 2.35. The molecule has 0 aromatic heterocycles. The lowest BCUT2D eigenvalue weighted by Crippen LogP contribution is -2.00. The van der Waals surface area contributed by atoms with Gasteiger partial charge in [0, 0.05) is 17.1 Å². The summed E-state index contributed by atoms with van der Waals surface area (Å²) in [6.07, 6.45) is 0.859. The van der Waals surface area contributed by atoms with E-state index in [9.17, 15) is 13.5 Å². The van der Waals surface area contributed by atoms with Gasteiger partial charge < -0.3 is 10.8 Å². The molecule has 0 radical (unpaired) electrons. The van der Waals surface area contributed by atoms with E-state index in [1.165, 1.54) is 6.07 Å². The van der Waals surface area contributed by atoms with Gasteiger partial charge in [-0.15, -0.1) is 0 Å². The average molecular weight is 295 g/mol. The number of phenols is 1. The predicted octanol–water partition coefficient (Wildman–Crippen LogP) is 2.89. The molecule has 0 saturated heterocycles. The van der Waals surface area contributed by atoms with E-state index in [2.05, 4.69) is 0 Å². The van der Waals surface area contributed by atoms with Gasteiger partial charge in [0.15, 0.2) is 0 Å². The highest BCUT2D eigenvalue weighted by molar-refractivity contribution is 7.85. The van der Waals surface area contributed by atoms with Crippen LogP contribution in [0.5, 0.6) is 5.75 Å². The molecule has 2 aromatic carbocycles. The SMILES string of the molecule is CCC(C)c1cc(N)cc2cc(S(=O)(=O)O)cc(O)c12. The zero-order valence-electron chi connectivity index (χ0n) is 11.3. The Balaban J connectivity index is 2.87. The van der Waals surface area contributed by atoms with Crippen molar-refractivity contribution < 1.29 is 18.1 Å². The third-order valence-corrected chi connectivity index (χ3v) is 4.33. The molecule has 0 spiro atoms. The fraction of sp³-hybridized carbons (Fsp3) is 0.286. The van der Waals surface area contributed by atoms with Gasteiger partial charge in [-0.3, -0.25) is 4.55 Å². The second-order valence-corrected chi connectivity index (χ2v) is 6.36. The molecule has 20 heavy (non-hydrogen) atoms. The number of benzene rings is 2. The highest BCUT2D eigenvalue weighted by Gasteiger charge is 2.17. The molecule has 6 heteroatoms. The number of phenolic OH excluding ortho intramolecular Hbond substituents is 1. The van der Waals surface area contributed by atoms with Crippen LogP contribution in [-0.4, -0.2) is 18.1 Å². The normalized spacial score (nSPS) is 13.6. The number of nitrogen functional groups attached to an aromatic ring is 1. The molecule has 0 aliphatic heterocycles. The summed E-state index contributed by atoms with van der Waals surface area (Å²) < 4.78 is 31.5. The smallest absolute Gasteiger partial charge is 0.294 e. The Kier molecular flexibility index (Phi) is 3.62. The highest BCUT2D eigenvalue weighted by atomic mass is 32.2. The number of rotatable bonds is 3. The minimum absolute atomic E-state index is 0.170. The summed E-state index contributed by atoms with van der Waals surface area (Å²) in [5.74, 6) is -0.00564. The largest absolute Gasteiger partial charge is 0.507 e. The van der Waals surface area contributed by atoms with Gasteiger partial charge in [0.2, 0.25) is 0 Å². The molecule has 0 heterocycles. The molecule has 0 amide bonds. The summed E-state index contributed by atoms with van der Waals surface area (Å²) in [5, 5.41) is 11.2. The van der Waals surface area contributed by atoms with Crippen molar-refractivity contribution in [2.24, 2.45) is 0 Å². The molecule has 0 fully saturated rings. The van der Waals surface area contributed by atoms with Crippen molar-refractivity contribution in [2.75, 3.05) is 5.73 Å². The number of aromatic hydroxyl groups is 1. The van der Waals surface area contributed by atoms with Crippen LogP contribution in [0.25, 0.3) is 10.8 Å². The maximum absolute atomic E-state index is 11.2. The maximum atomic E-state index is 11.2. The zero-order chi connectivity index (χ0) is 15.1. The van der Waals surface area contributed by atoms with Crippen LogP contribution in [0.4, 0.5) is 5.69 Å². The third-order valence-electron chi connectivity index (χ3n) is 3.50. The summed E-state index contributed by atoms with van der Waals surface area (Å²) in [4.78, 5) is -0.344. The Labute approximate surface area is 117 Å². The van der Waals surface area contributed by atoms with Crippen LogP contribution in [0, 0.1) is 0 Å². The van der Waals surface area contributed by atoms with Gasteiger partial charge in [-0.25, -0.2) is 0 Å². The molecule has 5 nitrogen and oxygen atoms in total. The quantitative estimate of drug-likeness (QED) is 0.597. The topological polar surface area (TPSA) is 101 Å². The summed E-state index contributed by atoms with van der Waals surface area (Å²) >= 11 is 0. The molecular weight excluding hydrogens is 278 g/mol. The van der Waals surface area contributed by atoms with Gasteiger partial charge in [0.1, 0.15) is 5.75 Å². The molecule has 0 bridgehead atoms. The Hall–Kier alpha value is -1.79. The van der Waals surface area contributed by atoms with Crippen LogP contribution in [-0.2, 0) is 10.1 Å². The number of hydrogen-bond donors (Lipinski definition) is 3. The van der Waals surface area contributed by atoms with Crippen molar-refractivity contribution in [1.82, 2.24) is 0 Å². The van der Waals surface area contributed by atoms with Crippen LogP contribution in [0.1, 0.15) is 31.7 Å². The Morgan fingerprint density at radius 1 is 1.25 bits per heavy atom. The molecule has 4 N–H and O–H groups in total. The molecule has 108 valence electrons. The number of nitrogens with two attached hydrogens (primary N) is 1. The lowest BCUT2D eigenvalue weighted by molar-refractivity contribution is 0.470. The van der Waals surface area contributed by atoms with Gasteiger partial charge >= 0.3 is 0 Å². The summed E-state index contributed by atoms with van der Waals surface area (Å²) in [5.41, 5.74) is 7.18. The van der Waals surface area contributed by atoms with E-state index in [4.69, 9.17) is 10.3 Å². The van der Waals surface area contributed by atoms with Gasteiger partial charge in [0.05, 0.1) is 4.90 Å². The predicted molar refractivity (Wildman–Crippen MR) is 78.5 cm³/mol. The van der Waals surface area contributed by atoms with Crippen LogP contribution in [0.2, 0.25) is 0 Å². The minimum Gasteiger partial charge on any atom is -0.507 e. The molecule has 2 aromatic rings. The van der Waals surface area contributed by atoms with E-state index >= 15 is 0 Å². The first-order chi connectivity index (χ1) is 9.24. The van der Waals surface area contributed by atoms with Gasteiger partial charge in [0.25, 0.3) is 10.1 Å². The van der Waals surface area contributed by atoms with E-state index in [0.29, 0.717) is 16.5 Å². The van der Waals surface area contributed by atoms with E-state index in [1.807, 2.05) is 13.8 Å². The Morgan fingerprint density at radius 3 is 2.45 bits per heavy atom. The molecule has 0 saturated carbocycles. The van der Waals surface area contributed by atoms with Crippen molar-refractivity contribution in [3.05, 3.63) is 29.8 Å². The van der Waals surface area contributed by atoms with E-state index in [0.717, 1.165) is 18.1 Å². The van der Waals surface area contributed by atoms with Crippen LogP contribution in [0.3, 0.4) is 0 Å². The summed E-state index contributed by atoms with van der Waals surface area (Å²) in [6.45, 7) is 4.02. The first kappa shape index (κ1) is 14.6. The minimum atomic E-state index is -4.37. The second kappa shape index (κ2) is 4.96. The Morgan fingerprint density at radius 2 is 1.90 bits per heavy atom. The van der Waals surface area contributed by atoms with Crippen molar-refractivity contribution in [3.63, 3.8) is 0 Å². The van der Waals surface area contributed by atoms with Crippen LogP contribution >= 0.6 is 0 Å². The van der Waals surface area contributed by atoms with Crippen molar-refractivity contribution in [2.45, 2.75) is 31.1 Å². The van der Waals surface area contributed by atoms with Crippen molar-refractivity contribution in [1.29, 1.82) is 0 Å². The monoisotopic (exact) mass is 295 g/mol. The third kappa shape index (κ3) is 2.57. The molecule has 1 atom stereocenters. The van der Waals surface area contributed by atoms with Crippen molar-refractivity contribution >= 4 is 26.6 Å². The van der Waals surface area contributed by atoms with Gasteiger partial charge in [-0.2, -0.15) is 8.42 Å². The van der Waals surface area contributed by atoms with E-state index in [1.54, 1.807) is 12.1 Å². The first-order valence-corrected chi connectivity index (χ1v) is 7.71. The highest BCUT2D eigenvalue weighted by Crippen LogP contribution is 2.37. The van der Waals surface area contributed by atoms with E-state index < -0.39 is 10.1 Å². The number of fused-ring (bicyclic) bond motifs is 1. The maximum Gasteiger partial charge on any atom is 0.294 e. The van der Waals surface area contributed by atoms with Crippen molar-refractivity contribution in [3.8, 4) is 5.75 Å². The molecule has 2 rings (SSSR count). The van der Waals surface area contributed by atoms with Crippen LogP contribution < -0.4 is 5.73 Å². The lowest BCUT2D eigenvalue weighted by Gasteiger charge is -2.15. The number of hydrogen-bond acceptors (Lipinski definition) is 4. The molecule has 0 aliphatic carbocycles. The molecule has 1 unspecified atom stereocenters. The Bertz CT molecular complexity index is 768. The van der Waals surface area contributed by atoms with Crippen LogP contribution in [0.15, 0.2) is 29.2 Å². The molecular formula is C14H17NO4S. The summed E-state index contributed by atoms with van der Waals surface area (Å²) in [7, 11) is -4.37. The zero-order valence-corrected chi connectivity index (χ0v) is 12.1. The van der Waals surface area contributed by atoms with Gasteiger partial charge in [-0.05, 0) is 41.5 Å². The first-order valence-electron chi connectivity index (χ1n) is 6.27. The number of anilines is 1. The lowest BCUT2D eigenvalue weighted by atomic mass is 9.92. The fourth-order valence-electron chi connectivity index (χ4n) is 2.28. The van der Waals surface area contributed by atoms with E-state index in [-0.39, 0.29) is 16.6 Å². The second-order valence-electron chi connectivity index (χ2n) is 4.94. The van der Waals surface area contributed by atoms with Gasteiger partial charge in [-0.1, -0.05) is 13.8 Å². The fourth-order valence-corrected chi connectivity index (χ4v) is 2.82. The molecule has 0 aliphatic rings. The summed E-state index contributed by atoms with van der Waals surface area (Å²) in [6, 6.07) is 5.73. The standard InChI is InChI=1S/C14H17NO4S/c1-3-8(2)12-6-10(15)4-9-5-11(20(17,18)19)7-13(16)14(9)12/h4-8,16H,3,15H2,1-2H3,(H,17,18,19).